The van der Waals surface area contributed by atoms with E-state index in [0.29, 0.717) is 16.7 Å². The van der Waals surface area contributed by atoms with Gasteiger partial charge in [0.1, 0.15) is 5.82 Å². The average molecular weight is 401 g/mol. The van der Waals surface area contributed by atoms with E-state index in [2.05, 4.69) is 11.6 Å². The molecule has 0 aromatic heterocycles. The van der Waals surface area contributed by atoms with Crippen LogP contribution in [0.15, 0.2) is 29.1 Å². The van der Waals surface area contributed by atoms with Gasteiger partial charge in [0, 0.05) is 7.05 Å². The van der Waals surface area contributed by atoms with E-state index in [1.165, 1.54) is 24.6 Å². The summed E-state index contributed by atoms with van der Waals surface area (Å²) in [5, 5.41) is 1.32. The predicted molar refractivity (Wildman–Crippen MR) is 106 cm³/mol. The molecule has 8 heteroatoms. The molecule has 5 nitrogen and oxygen atoms in total. The van der Waals surface area contributed by atoms with Gasteiger partial charge in [0.25, 0.3) is 10.0 Å². The van der Waals surface area contributed by atoms with Crippen molar-refractivity contribution in [3.8, 4) is 0 Å². The largest absolute Gasteiger partial charge is 0.287 e. The number of benzene rings is 1. The summed E-state index contributed by atoms with van der Waals surface area (Å²) in [5.41, 5.74) is 2.06. The van der Waals surface area contributed by atoms with Crippen molar-refractivity contribution in [3.05, 3.63) is 46.6 Å². The number of carbonyl (C=O) groups excluding carboxylic acids is 1. The third-order valence-electron chi connectivity index (χ3n) is 3.71. The predicted octanol–water partition coefficient (Wildman–Crippen LogP) is 3.92. The highest BCUT2D eigenvalue weighted by atomic mass is 32.3. The molecule has 0 bridgehead atoms. The summed E-state index contributed by atoms with van der Waals surface area (Å²) in [6, 6.07) is 2.81. The number of aliphatic imine (C=N–C) groups is 1. The fourth-order valence-corrected chi connectivity index (χ4v) is 4.40. The first kappa shape index (κ1) is 22.4. The number of halogens is 1. The fraction of sp³-hybridized carbons (Fsp3) is 0.444. The van der Waals surface area contributed by atoms with E-state index in [9.17, 15) is 17.6 Å². The van der Waals surface area contributed by atoms with Crippen LogP contribution >= 0.6 is 11.8 Å². The van der Waals surface area contributed by atoms with Crippen LogP contribution in [0.4, 0.5) is 4.39 Å². The monoisotopic (exact) mass is 400 g/mol. The van der Waals surface area contributed by atoms with Gasteiger partial charge in [-0.2, -0.15) is 8.42 Å². The van der Waals surface area contributed by atoms with Crippen LogP contribution in [-0.4, -0.2) is 25.7 Å². The molecule has 0 saturated carbocycles. The Morgan fingerprint density at radius 2 is 1.77 bits per heavy atom. The topological polar surface area (TPSA) is 75.6 Å². The summed E-state index contributed by atoms with van der Waals surface area (Å²) in [6.45, 7) is 11.1. The van der Waals surface area contributed by atoms with Crippen LogP contribution in [0.2, 0.25) is 0 Å². The van der Waals surface area contributed by atoms with Gasteiger partial charge in [0.05, 0.1) is 6.42 Å². The minimum absolute atomic E-state index is 0.00769. The normalized spacial score (nSPS) is 12.5. The van der Waals surface area contributed by atoms with Crippen LogP contribution in [0.25, 0.3) is 0 Å². The van der Waals surface area contributed by atoms with E-state index in [4.69, 9.17) is 0 Å². The van der Waals surface area contributed by atoms with Crippen molar-refractivity contribution in [2.24, 2.45) is 4.99 Å². The lowest BCUT2D eigenvalue weighted by atomic mass is 9.87. The van der Waals surface area contributed by atoms with Crippen LogP contribution in [0, 0.1) is 5.82 Å². The molecule has 1 aromatic rings. The molecule has 0 spiro atoms. The number of carbonyl (C=O) groups is 1. The van der Waals surface area contributed by atoms with E-state index in [-0.39, 0.29) is 28.4 Å². The van der Waals surface area contributed by atoms with Gasteiger partial charge in [-0.15, -0.1) is 0 Å². The molecule has 1 amide bonds. The zero-order valence-electron chi connectivity index (χ0n) is 15.7. The van der Waals surface area contributed by atoms with Gasteiger partial charge >= 0.3 is 0 Å². The first-order valence-electron chi connectivity index (χ1n) is 8.15. The summed E-state index contributed by atoms with van der Waals surface area (Å²) in [6.07, 6.45) is -0.156. The first-order valence-corrected chi connectivity index (χ1v) is 10.5. The molecular formula is C18H25FN2O3S2. The Bertz CT molecular complexity index is 787. The summed E-state index contributed by atoms with van der Waals surface area (Å²) < 4.78 is 40.2. The van der Waals surface area contributed by atoms with E-state index in [1.54, 1.807) is 0 Å². The second kappa shape index (κ2) is 9.32. The molecule has 0 heterocycles. The lowest BCUT2D eigenvalue weighted by molar-refractivity contribution is -0.118. The molecular weight excluding hydrogens is 375 g/mol. The standard InChI is InChI=1S/C18H25FN2O3S2/c1-7-25-18(20-6)26(23,24)21-17(22)10-16-14(11(2)3)8-13(19)9-15(16)12(4)5/h7-9,11-12H,1,10H2,2-6H3,(H,21,22). The summed E-state index contributed by atoms with van der Waals surface area (Å²) in [5.74, 6) is -1.07. The number of nitrogens with zero attached hydrogens (tertiary/aromatic N) is 1. The molecule has 144 valence electrons. The van der Waals surface area contributed by atoms with Crippen molar-refractivity contribution >= 4 is 32.1 Å². The first-order chi connectivity index (χ1) is 12.0. The molecule has 0 radical (unpaired) electrons. The quantitative estimate of drug-likeness (QED) is 0.600. The molecule has 1 rings (SSSR count). The van der Waals surface area contributed by atoms with E-state index < -0.39 is 15.9 Å². The summed E-state index contributed by atoms with van der Waals surface area (Å²) >= 11 is 0.811. The van der Waals surface area contributed by atoms with Crippen LogP contribution in [0.3, 0.4) is 0 Å². The Kier molecular flexibility index (Phi) is 8.02. The molecule has 0 saturated heterocycles. The zero-order valence-corrected chi connectivity index (χ0v) is 17.3. The SMILES string of the molecule is C=CSC(=NC)S(=O)(=O)NC(=O)Cc1c(C(C)C)cc(F)cc1C(C)C. The fourth-order valence-electron chi connectivity index (χ4n) is 2.61. The molecule has 0 aliphatic heterocycles. The van der Waals surface area contributed by atoms with Crippen molar-refractivity contribution in [2.45, 2.75) is 46.0 Å². The van der Waals surface area contributed by atoms with Gasteiger partial charge in [-0.05, 0) is 46.1 Å². The van der Waals surface area contributed by atoms with Gasteiger partial charge in [0.2, 0.25) is 10.3 Å². The molecule has 0 unspecified atom stereocenters. The van der Waals surface area contributed by atoms with Crippen LogP contribution in [-0.2, 0) is 21.2 Å². The van der Waals surface area contributed by atoms with Crippen molar-refractivity contribution < 1.29 is 17.6 Å². The lowest BCUT2D eigenvalue weighted by Crippen LogP contribution is -2.36. The number of sulfonamides is 1. The van der Waals surface area contributed by atoms with Crippen molar-refractivity contribution in [2.75, 3.05) is 7.05 Å². The lowest BCUT2D eigenvalue weighted by Gasteiger charge is -2.20. The number of amides is 1. The Morgan fingerprint density at radius 3 is 2.15 bits per heavy atom. The maximum Gasteiger partial charge on any atom is 0.287 e. The van der Waals surface area contributed by atoms with Gasteiger partial charge in [0.15, 0.2) is 0 Å². The minimum atomic E-state index is -4.06. The second-order valence-corrected chi connectivity index (χ2v) is 9.16. The van der Waals surface area contributed by atoms with E-state index >= 15 is 0 Å². The Hall–Kier alpha value is -1.67. The maximum absolute atomic E-state index is 13.9. The highest BCUT2D eigenvalue weighted by Gasteiger charge is 2.24. The number of hydrogen-bond donors (Lipinski definition) is 1. The zero-order chi connectivity index (χ0) is 20.1. The average Bonchev–Trinajstić information content (AvgIpc) is 2.52. The van der Waals surface area contributed by atoms with Crippen LogP contribution in [0.1, 0.15) is 56.2 Å². The van der Waals surface area contributed by atoms with Gasteiger partial charge in [-0.25, -0.2) is 9.11 Å². The minimum Gasteiger partial charge on any atom is -0.274 e. The molecule has 26 heavy (non-hydrogen) atoms. The number of nitrogens with one attached hydrogen (secondary N) is 1. The molecule has 0 atom stereocenters. The summed E-state index contributed by atoms with van der Waals surface area (Å²) in [4.78, 5) is 16.1. The Morgan fingerprint density at radius 1 is 1.27 bits per heavy atom. The molecule has 0 aliphatic rings. The smallest absolute Gasteiger partial charge is 0.274 e. The van der Waals surface area contributed by atoms with Crippen LogP contribution in [0.5, 0.6) is 0 Å². The highest BCUT2D eigenvalue weighted by Crippen LogP contribution is 2.29. The molecule has 1 aromatic carbocycles. The van der Waals surface area contributed by atoms with E-state index in [0.717, 1.165) is 11.8 Å². The number of rotatable bonds is 5. The van der Waals surface area contributed by atoms with Crippen molar-refractivity contribution in [3.63, 3.8) is 0 Å². The highest BCUT2D eigenvalue weighted by molar-refractivity contribution is 8.36. The van der Waals surface area contributed by atoms with E-state index in [1.807, 2.05) is 32.4 Å². The third-order valence-corrected chi connectivity index (χ3v) is 6.35. The van der Waals surface area contributed by atoms with Crippen molar-refractivity contribution in [1.82, 2.24) is 4.72 Å². The number of hydrogen-bond acceptors (Lipinski definition) is 5. The molecule has 0 fully saturated rings. The van der Waals surface area contributed by atoms with Crippen molar-refractivity contribution in [1.29, 1.82) is 0 Å². The van der Waals surface area contributed by atoms with Gasteiger partial charge in [-0.1, -0.05) is 46.0 Å². The molecule has 0 aliphatic carbocycles. The van der Waals surface area contributed by atoms with Crippen LogP contribution < -0.4 is 4.72 Å². The second-order valence-electron chi connectivity index (χ2n) is 6.35. The Labute approximate surface area is 159 Å². The number of thioether (sulfide) groups is 1. The van der Waals surface area contributed by atoms with Gasteiger partial charge in [-0.3, -0.25) is 9.79 Å². The maximum atomic E-state index is 13.9. The third kappa shape index (κ3) is 5.67. The summed E-state index contributed by atoms with van der Waals surface area (Å²) in [7, 11) is -2.74. The molecule has 1 N–H and O–H groups in total. The van der Waals surface area contributed by atoms with Gasteiger partial charge < -0.3 is 0 Å². The Balaban J connectivity index is 3.23.